The van der Waals surface area contributed by atoms with E-state index in [1.54, 1.807) is 0 Å². The molecule has 106 valence electrons. The molecule has 0 atom stereocenters. The van der Waals surface area contributed by atoms with Crippen molar-refractivity contribution in [2.45, 2.75) is 13.8 Å². The molecule has 3 rings (SSSR count). The van der Waals surface area contributed by atoms with E-state index in [-0.39, 0.29) is 5.56 Å². The Balaban J connectivity index is 1.97. The van der Waals surface area contributed by atoms with Gasteiger partial charge in [0.05, 0.1) is 5.56 Å². The topological polar surface area (TPSA) is 63.3 Å². The van der Waals surface area contributed by atoms with Crippen molar-refractivity contribution < 1.29 is 14.3 Å². The zero-order valence-electron chi connectivity index (χ0n) is 11.6. The highest BCUT2D eigenvalue weighted by Gasteiger charge is 2.13. The van der Waals surface area contributed by atoms with Gasteiger partial charge in [0, 0.05) is 17.0 Å². The summed E-state index contributed by atoms with van der Waals surface area (Å²) in [7, 11) is 0. The third kappa shape index (κ3) is 2.73. The fourth-order valence-electron chi connectivity index (χ4n) is 2.20. The van der Waals surface area contributed by atoms with Crippen LogP contribution in [0.5, 0.6) is 0 Å². The summed E-state index contributed by atoms with van der Waals surface area (Å²) < 4.78 is 5.27. The molecule has 0 saturated heterocycles. The summed E-state index contributed by atoms with van der Waals surface area (Å²) in [4.78, 5) is 15.4. The molecule has 1 aromatic carbocycles. The molecular formula is C16H13NO3S. The van der Waals surface area contributed by atoms with Gasteiger partial charge in [0.2, 0.25) is 0 Å². The number of rotatable bonds is 3. The second-order valence-corrected chi connectivity index (χ2v) is 5.78. The summed E-state index contributed by atoms with van der Waals surface area (Å²) in [5, 5.41) is 11.7. The van der Waals surface area contributed by atoms with Gasteiger partial charge in [0.1, 0.15) is 17.0 Å². The lowest BCUT2D eigenvalue weighted by atomic mass is 10.1. The first-order chi connectivity index (χ1) is 10.0. The zero-order chi connectivity index (χ0) is 15.0. The Labute approximate surface area is 125 Å². The number of aromatic carboxylic acids is 1. The minimum atomic E-state index is -1.00. The van der Waals surface area contributed by atoms with Crippen LogP contribution in [0.25, 0.3) is 22.0 Å². The number of thiazole rings is 1. The van der Waals surface area contributed by atoms with Crippen molar-refractivity contribution in [2.75, 3.05) is 0 Å². The average Bonchev–Trinajstić information content (AvgIpc) is 3.07. The van der Waals surface area contributed by atoms with Gasteiger partial charge in [-0.2, -0.15) is 0 Å². The maximum absolute atomic E-state index is 10.9. The third-order valence-electron chi connectivity index (χ3n) is 3.07. The molecule has 4 nitrogen and oxygen atoms in total. The predicted octanol–water partition coefficient (Wildman–Crippen LogP) is 4.39. The molecule has 0 radical (unpaired) electrons. The van der Waals surface area contributed by atoms with E-state index in [9.17, 15) is 4.79 Å². The number of benzene rings is 1. The van der Waals surface area contributed by atoms with Gasteiger partial charge in [-0.05, 0) is 26.0 Å². The standard InChI is InChI=1S/C16H13NO3S/c1-9-3-10(2)5-11(4-9)15-17-13(8-21-15)14-6-12(7-20-14)16(18)19/h3-8H,1-2H3,(H,18,19). The molecule has 0 aliphatic carbocycles. The van der Waals surface area contributed by atoms with Crippen LogP contribution in [0.3, 0.4) is 0 Å². The molecular weight excluding hydrogens is 286 g/mol. The molecule has 0 unspecified atom stereocenters. The van der Waals surface area contributed by atoms with Crippen molar-refractivity contribution in [3.05, 3.63) is 52.6 Å². The van der Waals surface area contributed by atoms with Crippen LogP contribution in [0, 0.1) is 13.8 Å². The lowest BCUT2D eigenvalue weighted by Crippen LogP contribution is -1.91. The first-order valence-electron chi connectivity index (χ1n) is 6.39. The van der Waals surface area contributed by atoms with E-state index in [0.717, 1.165) is 10.6 Å². The van der Waals surface area contributed by atoms with Gasteiger partial charge in [0.25, 0.3) is 0 Å². The molecule has 0 saturated carbocycles. The number of hydrogen-bond acceptors (Lipinski definition) is 4. The molecule has 3 aromatic rings. The number of aryl methyl sites for hydroxylation is 2. The van der Waals surface area contributed by atoms with E-state index >= 15 is 0 Å². The number of carbonyl (C=O) groups is 1. The Bertz CT molecular complexity index is 796. The highest BCUT2D eigenvalue weighted by atomic mass is 32.1. The van der Waals surface area contributed by atoms with E-state index in [4.69, 9.17) is 9.52 Å². The van der Waals surface area contributed by atoms with Crippen LogP contribution in [0.1, 0.15) is 21.5 Å². The number of hydrogen-bond donors (Lipinski definition) is 1. The summed E-state index contributed by atoms with van der Waals surface area (Å²) in [6.07, 6.45) is 1.23. The Hall–Kier alpha value is -2.40. The molecule has 1 N–H and O–H groups in total. The molecule has 2 aromatic heterocycles. The van der Waals surface area contributed by atoms with Gasteiger partial charge in [0.15, 0.2) is 5.76 Å². The molecule has 21 heavy (non-hydrogen) atoms. The largest absolute Gasteiger partial charge is 0.478 e. The number of aromatic nitrogens is 1. The molecule has 0 spiro atoms. The minimum absolute atomic E-state index is 0.131. The number of furan rings is 1. The van der Waals surface area contributed by atoms with Crippen LogP contribution < -0.4 is 0 Å². The first kappa shape index (κ1) is 13.6. The molecule has 2 heterocycles. The Kier molecular flexibility index (Phi) is 3.35. The fraction of sp³-hybridized carbons (Fsp3) is 0.125. The van der Waals surface area contributed by atoms with E-state index in [1.807, 2.05) is 5.38 Å². The maximum Gasteiger partial charge on any atom is 0.338 e. The molecule has 5 heteroatoms. The van der Waals surface area contributed by atoms with Gasteiger partial charge in [-0.25, -0.2) is 9.78 Å². The highest BCUT2D eigenvalue weighted by Crippen LogP contribution is 2.30. The highest BCUT2D eigenvalue weighted by molar-refractivity contribution is 7.13. The van der Waals surface area contributed by atoms with Crippen LogP contribution in [0.2, 0.25) is 0 Å². The number of carboxylic acids is 1. The Morgan fingerprint density at radius 2 is 1.90 bits per heavy atom. The molecule has 0 amide bonds. The second kappa shape index (κ2) is 5.18. The first-order valence-corrected chi connectivity index (χ1v) is 7.27. The lowest BCUT2D eigenvalue weighted by molar-refractivity contribution is 0.0696. The van der Waals surface area contributed by atoms with Crippen molar-refractivity contribution in [1.29, 1.82) is 0 Å². The van der Waals surface area contributed by atoms with Gasteiger partial charge in [-0.3, -0.25) is 0 Å². The summed E-state index contributed by atoms with van der Waals surface area (Å²) >= 11 is 1.51. The molecule has 0 aliphatic heterocycles. The van der Waals surface area contributed by atoms with Crippen LogP contribution in [-0.4, -0.2) is 16.1 Å². The molecule has 0 fully saturated rings. The minimum Gasteiger partial charge on any atom is -0.478 e. The van der Waals surface area contributed by atoms with Gasteiger partial charge < -0.3 is 9.52 Å². The second-order valence-electron chi connectivity index (χ2n) is 4.92. The van der Waals surface area contributed by atoms with Crippen molar-refractivity contribution in [3.8, 4) is 22.0 Å². The Morgan fingerprint density at radius 1 is 1.19 bits per heavy atom. The van der Waals surface area contributed by atoms with Crippen LogP contribution >= 0.6 is 11.3 Å². The van der Waals surface area contributed by atoms with Gasteiger partial charge in [-0.15, -0.1) is 11.3 Å². The van der Waals surface area contributed by atoms with E-state index in [2.05, 4.69) is 37.0 Å². The summed E-state index contributed by atoms with van der Waals surface area (Å²) in [6, 6.07) is 7.77. The fourth-order valence-corrected chi connectivity index (χ4v) is 3.00. The van der Waals surface area contributed by atoms with Crippen molar-refractivity contribution in [1.82, 2.24) is 4.98 Å². The van der Waals surface area contributed by atoms with Gasteiger partial charge >= 0.3 is 5.97 Å². The maximum atomic E-state index is 10.9. The van der Waals surface area contributed by atoms with E-state index in [0.29, 0.717) is 11.5 Å². The average molecular weight is 299 g/mol. The quantitative estimate of drug-likeness (QED) is 0.779. The number of carboxylic acid groups (broad SMARTS) is 1. The SMILES string of the molecule is Cc1cc(C)cc(-c2nc(-c3cc(C(=O)O)co3)cs2)c1. The van der Waals surface area contributed by atoms with Crippen LogP contribution in [0.15, 0.2) is 40.3 Å². The third-order valence-corrected chi connectivity index (χ3v) is 3.96. The summed E-state index contributed by atoms with van der Waals surface area (Å²) in [5.41, 5.74) is 4.22. The molecule has 0 bridgehead atoms. The van der Waals surface area contributed by atoms with Crippen LogP contribution in [-0.2, 0) is 0 Å². The predicted molar refractivity (Wildman–Crippen MR) is 81.7 cm³/mol. The van der Waals surface area contributed by atoms with Gasteiger partial charge in [-0.1, -0.05) is 17.2 Å². The Morgan fingerprint density at radius 3 is 2.52 bits per heavy atom. The summed E-state index contributed by atoms with van der Waals surface area (Å²) in [6.45, 7) is 4.10. The van der Waals surface area contributed by atoms with Crippen molar-refractivity contribution >= 4 is 17.3 Å². The van der Waals surface area contributed by atoms with Crippen molar-refractivity contribution in [2.24, 2.45) is 0 Å². The summed E-state index contributed by atoms with van der Waals surface area (Å²) in [5.74, 6) is -0.533. The smallest absolute Gasteiger partial charge is 0.338 e. The lowest BCUT2D eigenvalue weighted by Gasteiger charge is -2.01. The van der Waals surface area contributed by atoms with E-state index in [1.165, 1.54) is 34.8 Å². The zero-order valence-corrected chi connectivity index (χ0v) is 12.4. The monoisotopic (exact) mass is 299 g/mol. The number of nitrogens with zero attached hydrogens (tertiary/aromatic N) is 1. The van der Waals surface area contributed by atoms with Crippen LogP contribution in [0.4, 0.5) is 0 Å². The van der Waals surface area contributed by atoms with E-state index < -0.39 is 5.97 Å². The normalized spacial score (nSPS) is 10.8. The van der Waals surface area contributed by atoms with Crippen molar-refractivity contribution in [3.63, 3.8) is 0 Å². The molecule has 0 aliphatic rings.